The van der Waals surface area contributed by atoms with Gasteiger partial charge < -0.3 is 4.74 Å². The Bertz CT molecular complexity index is 242. The largest absolute Gasteiger partial charge is 0.469 e. The minimum absolute atomic E-state index is 0.0269. The lowest BCUT2D eigenvalue weighted by atomic mass is 9.67. The van der Waals surface area contributed by atoms with E-state index < -0.39 is 0 Å². The van der Waals surface area contributed by atoms with Crippen molar-refractivity contribution in [3.05, 3.63) is 0 Å². The van der Waals surface area contributed by atoms with Crippen LogP contribution in [0.15, 0.2) is 0 Å². The van der Waals surface area contributed by atoms with Crippen molar-refractivity contribution in [3.63, 3.8) is 0 Å². The smallest absolute Gasteiger partial charge is 0.309 e. The quantitative estimate of drug-likeness (QED) is 0.543. The highest BCUT2D eigenvalue weighted by Crippen LogP contribution is 2.46. The van der Waals surface area contributed by atoms with Gasteiger partial charge in [-0.1, -0.05) is 35.2 Å². The highest BCUT2D eigenvalue weighted by atomic mass is 79.9. The molecular formula is C12H19BrO2. The van der Waals surface area contributed by atoms with Gasteiger partial charge in [0.25, 0.3) is 0 Å². The summed E-state index contributed by atoms with van der Waals surface area (Å²) < 4.78 is 4.87. The summed E-state index contributed by atoms with van der Waals surface area (Å²) in [5.41, 5.74) is 0. The zero-order valence-corrected chi connectivity index (χ0v) is 10.8. The lowest BCUT2D eigenvalue weighted by molar-refractivity contribution is -0.147. The molecule has 2 aliphatic rings. The van der Waals surface area contributed by atoms with Crippen molar-refractivity contribution in [2.75, 3.05) is 7.11 Å². The summed E-state index contributed by atoms with van der Waals surface area (Å²) in [6, 6.07) is 0. The fourth-order valence-electron chi connectivity index (χ4n) is 3.26. The second-order valence-corrected chi connectivity index (χ2v) is 5.92. The molecule has 4 atom stereocenters. The number of carbonyl (C=O) groups is 1. The second kappa shape index (κ2) is 4.86. The average Bonchev–Trinajstić information content (AvgIpc) is 2.29. The van der Waals surface area contributed by atoms with Gasteiger partial charge in [-0.2, -0.15) is 0 Å². The molecule has 0 spiro atoms. The topological polar surface area (TPSA) is 26.3 Å². The summed E-state index contributed by atoms with van der Waals surface area (Å²) >= 11 is 3.74. The van der Waals surface area contributed by atoms with Gasteiger partial charge in [0.15, 0.2) is 0 Å². The molecule has 86 valence electrons. The first-order valence-corrected chi connectivity index (χ1v) is 6.87. The molecule has 2 saturated carbocycles. The van der Waals surface area contributed by atoms with Gasteiger partial charge in [-0.15, -0.1) is 0 Å². The van der Waals surface area contributed by atoms with Crippen LogP contribution >= 0.6 is 15.9 Å². The van der Waals surface area contributed by atoms with Gasteiger partial charge in [0.1, 0.15) is 0 Å². The molecule has 0 radical (unpaired) electrons. The first kappa shape index (κ1) is 11.4. The lowest BCUT2D eigenvalue weighted by Gasteiger charge is -2.42. The number of alkyl halides is 1. The first-order chi connectivity index (χ1) is 7.24. The van der Waals surface area contributed by atoms with Gasteiger partial charge in [0, 0.05) is 4.83 Å². The van der Waals surface area contributed by atoms with Crippen LogP contribution in [0, 0.1) is 17.8 Å². The minimum atomic E-state index is -0.0269. The summed E-state index contributed by atoms with van der Waals surface area (Å²) in [5, 5.41) is 0. The van der Waals surface area contributed by atoms with Gasteiger partial charge in [0.2, 0.25) is 0 Å². The molecule has 0 bridgehead atoms. The predicted molar refractivity (Wildman–Crippen MR) is 62.9 cm³/mol. The number of rotatable bonds is 1. The van der Waals surface area contributed by atoms with Crippen LogP contribution in [0.25, 0.3) is 0 Å². The van der Waals surface area contributed by atoms with Gasteiger partial charge in [-0.3, -0.25) is 4.79 Å². The fourth-order valence-corrected chi connectivity index (χ4v) is 4.44. The molecule has 0 saturated heterocycles. The molecule has 0 aliphatic heterocycles. The zero-order valence-electron chi connectivity index (χ0n) is 9.25. The van der Waals surface area contributed by atoms with Crippen LogP contribution in [-0.2, 0) is 9.53 Å². The van der Waals surface area contributed by atoms with Gasteiger partial charge in [-0.05, 0) is 31.1 Å². The standard InChI is InChI=1S/C12H19BrO2/c1-15-12(14)10-7-6-8-4-2-3-5-9(8)11(10)13/h8-11H,2-7H2,1H3/t8-,9+,10+,11-/m0/s1. The number of hydrogen-bond acceptors (Lipinski definition) is 2. The molecule has 0 aromatic heterocycles. The molecule has 2 nitrogen and oxygen atoms in total. The van der Waals surface area contributed by atoms with E-state index in [4.69, 9.17) is 4.74 Å². The van der Waals surface area contributed by atoms with Gasteiger partial charge in [-0.25, -0.2) is 0 Å². The van der Waals surface area contributed by atoms with Crippen molar-refractivity contribution >= 4 is 21.9 Å². The number of halogens is 1. The van der Waals surface area contributed by atoms with E-state index in [9.17, 15) is 4.79 Å². The number of ether oxygens (including phenoxy) is 1. The molecule has 3 heteroatoms. The Labute approximate surface area is 99.9 Å². The molecule has 2 aliphatic carbocycles. The van der Waals surface area contributed by atoms with E-state index in [1.807, 2.05) is 0 Å². The van der Waals surface area contributed by atoms with Crippen molar-refractivity contribution in [3.8, 4) is 0 Å². The highest BCUT2D eigenvalue weighted by Gasteiger charge is 2.42. The Kier molecular flexibility index (Phi) is 3.70. The Balaban J connectivity index is 2.04. The number of methoxy groups -OCH3 is 1. The molecule has 0 amide bonds. The van der Waals surface area contributed by atoms with E-state index in [-0.39, 0.29) is 11.9 Å². The lowest BCUT2D eigenvalue weighted by Crippen LogP contribution is -2.40. The summed E-state index contributed by atoms with van der Waals surface area (Å²) in [6.45, 7) is 0. The molecule has 15 heavy (non-hydrogen) atoms. The van der Waals surface area contributed by atoms with E-state index in [2.05, 4.69) is 15.9 Å². The molecular weight excluding hydrogens is 256 g/mol. The highest BCUT2D eigenvalue weighted by molar-refractivity contribution is 9.09. The van der Waals surface area contributed by atoms with Crippen LogP contribution in [0.5, 0.6) is 0 Å². The van der Waals surface area contributed by atoms with Crippen molar-refractivity contribution in [1.82, 2.24) is 0 Å². The Morgan fingerprint density at radius 1 is 1.20 bits per heavy atom. The molecule has 2 fully saturated rings. The third-order valence-electron chi connectivity index (χ3n) is 4.11. The molecule has 0 N–H and O–H groups in total. The Morgan fingerprint density at radius 3 is 2.67 bits per heavy atom. The minimum Gasteiger partial charge on any atom is -0.469 e. The van der Waals surface area contributed by atoms with Crippen LogP contribution in [-0.4, -0.2) is 17.9 Å². The van der Waals surface area contributed by atoms with Crippen LogP contribution in [0.1, 0.15) is 38.5 Å². The van der Waals surface area contributed by atoms with Crippen LogP contribution in [0.3, 0.4) is 0 Å². The third-order valence-corrected chi connectivity index (χ3v) is 5.43. The summed E-state index contributed by atoms with van der Waals surface area (Å²) in [6.07, 6.45) is 7.58. The Morgan fingerprint density at radius 2 is 1.93 bits per heavy atom. The Hall–Kier alpha value is -0.0500. The van der Waals surface area contributed by atoms with Crippen molar-refractivity contribution in [2.24, 2.45) is 17.8 Å². The zero-order chi connectivity index (χ0) is 10.8. The maximum Gasteiger partial charge on any atom is 0.309 e. The van der Waals surface area contributed by atoms with E-state index in [1.165, 1.54) is 39.2 Å². The average molecular weight is 275 g/mol. The van der Waals surface area contributed by atoms with Gasteiger partial charge in [0.05, 0.1) is 13.0 Å². The maximum atomic E-state index is 11.6. The molecule has 0 unspecified atom stereocenters. The number of hydrogen-bond donors (Lipinski definition) is 0. The first-order valence-electron chi connectivity index (χ1n) is 5.96. The number of carbonyl (C=O) groups excluding carboxylic acids is 1. The van der Waals surface area contributed by atoms with Crippen molar-refractivity contribution in [1.29, 1.82) is 0 Å². The fraction of sp³-hybridized carbons (Fsp3) is 0.917. The summed E-state index contributed by atoms with van der Waals surface area (Å²) in [4.78, 5) is 12.0. The monoisotopic (exact) mass is 274 g/mol. The SMILES string of the molecule is COC(=O)[C@@H]1CC[C@@H]2CCCC[C@H]2[C@@H]1Br. The summed E-state index contributed by atoms with van der Waals surface area (Å²) in [5.74, 6) is 1.62. The molecule has 2 rings (SSSR count). The van der Waals surface area contributed by atoms with Crippen molar-refractivity contribution < 1.29 is 9.53 Å². The second-order valence-electron chi connectivity index (χ2n) is 4.86. The van der Waals surface area contributed by atoms with E-state index in [0.29, 0.717) is 10.7 Å². The summed E-state index contributed by atoms with van der Waals surface area (Å²) in [7, 11) is 1.50. The van der Waals surface area contributed by atoms with E-state index in [1.54, 1.807) is 0 Å². The third kappa shape index (κ3) is 2.22. The van der Waals surface area contributed by atoms with Crippen LogP contribution in [0.4, 0.5) is 0 Å². The molecule has 0 heterocycles. The normalized spacial score (nSPS) is 40.7. The molecule has 0 aromatic rings. The molecule has 0 aromatic carbocycles. The van der Waals surface area contributed by atoms with Crippen LogP contribution < -0.4 is 0 Å². The number of fused-ring (bicyclic) bond motifs is 1. The van der Waals surface area contributed by atoms with E-state index in [0.717, 1.165) is 12.3 Å². The van der Waals surface area contributed by atoms with Crippen LogP contribution in [0.2, 0.25) is 0 Å². The van der Waals surface area contributed by atoms with E-state index >= 15 is 0 Å². The van der Waals surface area contributed by atoms with Gasteiger partial charge >= 0.3 is 5.97 Å². The predicted octanol–water partition coefficient (Wildman–Crippen LogP) is 3.14. The number of esters is 1. The van der Waals surface area contributed by atoms with Crippen molar-refractivity contribution in [2.45, 2.75) is 43.4 Å². The maximum absolute atomic E-state index is 11.6.